The van der Waals surface area contributed by atoms with Crippen LogP contribution in [0.25, 0.3) is 0 Å². The second kappa shape index (κ2) is 6.76. The molecule has 0 unspecified atom stereocenters. The lowest BCUT2D eigenvalue weighted by Crippen LogP contribution is -2.02. The summed E-state index contributed by atoms with van der Waals surface area (Å²) in [4.78, 5) is 11.7. The predicted molar refractivity (Wildman–Crippen MR) is 86.2 cm³/mol. The number of benzene rings is 2. The van der Waals surface area contributed by atoms with Gasteiger partial charge in [0.1, 0.15) is 18.1 Å². The number of hydrogen-bond donors (Lipinski definition) is 0. The standard InChI is InChI=1S/C17H17BrO3/c1-11-4-6-16(14(8-11)12(2)19)21-10-13-5-7-17(20-3)15(18)9-13/h4-9H,10H2,1-3H3. The van der Waals surface area contributed by atoms with Crippen LogP contribution in [0.4, 0.5) is 0 Å². The molecule has 0 radical (unpaired) electrons. The third-order valence-electron chi connectivity index (χ3n) is 3.12. The summed E-state index contributed by atoms with van der Waals surface area (Å²) in [5.41, 5.74) is 2.65. The summed E-state index contributed by atoms with van der Waals surface area (Å²) in [6, 6.07) is 11.4. The van der Waals surface area contributed by atoms with Gasteiger partial charge in [-0.1, -0.05) is 17.7 Å². The van der Waals surface area contributed by atoms with E-state index in [1.807, 2.05) is 43.3 Å². The highest BCUT2D eigenvalue weighted by atomic mass is 79.9. The lowest BCUT2D eigenvalue weighted by molar-refractivity contribution is 0.101. The van der Waals surface area contributed by atoms with Gasteiger partial charge in [-0.2, -0.15) is 0 Å². The minimum absolute atomic E-state index is 0.00427. The fraction of sp³-hybridized carbons (Fsp3) is 0.235. The SMILES string of the molecule is COc1ccc(COc2ccc(C)cc2C(C)=O)cc1Br. The Balaban J connectivity index is 2.16. The molecule has 4 heteroatoms. The molecule has 3 nitrogen and oxygen atoms in total. The van der Waals surface area contributed by atoms with E-state index in [1.54, 1.807) is 14.0 Å². The zero-order valence-corrected chi connectivity index (χ0v) is 13.9. The number of hydrogen-bond acceptors (Lipinski definition) is 3. The number of ether oxygens (including phenoxy) is 2. The normalized spacial score (nSPS) is 10.3. The van der Waals surface area contributed by atoms with Gasteiger partial charge < -0.3 is 9.47 Å². The van der Waals surface area contributed by atoms with Crippen LogP contribution in [0.2, 0.25) is 0 Å². The van der Waals surface area contributed by atoms with Crippen LogP contribution < -0.4 is 9.47 Å². The van der Waals surface area contributed by atoms with Crippen LogP contribution in [0.3, 0.4) is 0 Å². The second-order valence-corrected chi connectivity index (χ2v) is 5.67. The zero-order chi connectivity index (χ0) is 15.4. The minimum Gasteiger partial charge on any atom is -0.496 e. The van der Waals surface area contributed by atoms with E-state index in [-0.39, 0.29) is 5.78 Å². The highest BCUT2D eigenvalue weighted by molar-refractivity contribution is 9.10. The van der Waals surface area contributed by atoms with Crippen molar-refractivity contribution in [1.29, 1.82) is 0 Å². The molecule has 0 aliphatic rings. The quantitative estimate of drug-likeness (QED) is 0.743. The number of aryl methyl sites for hydroxylation is 1. The molecule has 0 fully saturated rings. The van der Waals surface area contributed by atoms with Crippen molar-refractivity contribution in [3.8, 4) is 11.5 Å². The first-order valence-electron chi connectivity index (χ1n) is 6.58. The van der Waals surface area contributed by atoms with Crippen molar-refractivity contribution in [2.24, 2.45) is 0 Å². The Labute approximate surface area is 133 Å². The van der Waals surface area contributed by atoms with Gasteiger partial charge in [0.2, 0.25) is 0 Å². The van der Waals surface area contributed by atoms with Crippen LogP contribution in [0, 0.1) is 6.92 Å². The zero-order valence-electron chi connectivity index (χ0n) is 12.3. The Hall–Kier alpha value is -1.81. The van der Waals surface area contributed by atoms with E-state index in [1.165, 1.54) is 0 Å². The fourth-order valence-electron chi connectivity index (χ4n) is 2.01. The number of carbonyl (C=O) groups is 1. The molecular formula is C17H17BrO3. The Morgan fingerprint density at radius 2 is 1.86 bits per heavy atom. The molecule has 0 heterocycles. The molecule has 0 spiro atoms. The van der Waals surface area contributed by atoms with E-state index in [0.29, 0.717) is 17.9 Å². The number of ketones is 1. The van der Waals surface area contributed by atoms with Crippen molar-refractivity contribution >= 4 is 21.7 Å². The van der Waals surface area contributed by atoms with Gasteiger partial charge in [-0.3, -0.25) is 4.79 Å². The summed E-state index contributed by atoms with van der Waals surface area (Å²) < 4.78 is 11.9. The number of rotatable bonds is 5. The summed E-state index contributed by atoms with van der Waals surface area (Å²) in [6.45, 7) is 3.90. The number of halogens is 1. The summed E-state index contributed by atoms with van der Waals surface area (Å²) in [5.74, 6) is 1.39. The average molecular weight is 349 g/mol. The van der Waals surface area contributed by atoms with Crippen molar-refractivity contribution in [3.05, 3.63) is 57.6 Å². The largest absolute Gasteiger partial charge is 0.496 e. The van der Waals surface area contributed by atoms with Crippen LogP contribution >= 0.6 is 15.9 Å². The lowest BCUT2D eigenvalue weighted by atomic mass is 10.1. The van der Waals surface area contributed by atoms with Crippen molar-refractivity contribution in [3.63, 3.8) is 0 Å². The molecule has 110 valence electrons. The van der Waals surface area contributed by atoms with Crippen LogP contribution in [-0.2, 0) is 6.61 Å². The van der Waals surface area contributed by atoms with Crippen molar-refractivity contribution in [2.75, 3.05) is 7.11 Å². The predicted octanol–water partition coefficient (Wildman–Crippen LogP) is 4.55. The van der Waals surface area contributed by atoms with Gasteiger partial charge in [0.25, 0.3) is 0 Å². The summed E-state index contributed by atoms with van der Waals surface area (Å²) in [5, 5.41) is 0. The van der Waals surface area contributed by atoms with Crippen LogP contribution in [0.5, 0.6) is 11.5 Å². The number of Topliss-reactive ketones (excluding diaryl/α,β-unsaturated/α-hetero) is 1. The highest BCUT2D eigenvalue weighted by Gasteiger charge is 2.09. The third-order valence-corrected chi connectivity index (χ3v) is 3.74. The highest BCUT2D eigenvalue weighted by Crippen LogP contribution is 2.27. The first kappa shape index (κ1) is 15.6. The molecule has 0 aliphatic heterocycles. The Morgan fingerprint density at radius 1 is 1.14 bits per heavy atom. The molecular weight excluding hydrogens is 332 g/mol. The molecule has 0 saturated heterocycles. The van der Waals surface area contributed by atoms with E-state index in [0.717, 1.165) is 21.3 Å². The van der Waals surface area contributed by atoms with Crippen LogP contribution in [0.1, 0.15) is 28.4 Å². The average Bonchev–Trinajstić information content (AvgIpc) is 2.46. The molecule has 2 rings (SSSR count). The first-order chi connectivity index (χ1) is 10.0. The molecule has 0 bridgehead atoms. The van der Waals surface area contributed by atoms with Gasteiger partial charge in [-0.05, 0) is 59.6 Å². The molecule has 0 saturated carbocycles. The molecule has 2 aromatic carbocycles. The maximum atomic E-state index is 11.7. The molecule has 0 aromatic heterocycles. The summed E-state index contributed by atoms with van der Waals surface area (Å²) >= 11 is 3.45. The second-order valence-electron chi connectivity index (χ2n) is 4.81. The van der Waals surface area contributed by atoms with Gasteiger partial charge in [0, 0.05) is 0 Å². The van der Waals surface area contributed by atoms with Gasteiger partial charge in [0.05, 0.1) is 17.1 Å². The smallest absolute Gasteiger partial charge is 0.163 e. The first-order valence-corrected chi connectivity index (χ1v) is 7.37. The fourth-order valence-corrected chi connectivity index (χ4v) is 2.59. The van der Waals surface area contributed by atoms with Crippen LogP contribution in [0.15, 0.2) is 40.9 Å². The number of carbonyl (C=O) groups excluding carboxylic acids is 1. The minimum atomic E-state index is 0.00427. The van der Waals surface area contributed by atoms with Gasteiger partial charge in [0.15, 0.2) is 5.78 Å². The monoisotopic (exact) mass is 348 g/mol. The molecule has 0 amide bonds. The van der Waals surface area contributed by atoms with Crippen molar-refractivity contribution < 1.29 is 14.3 Å². The lowest BCUT2D eigenvalue weighted by Gasteiger charge is -2.11. The van der Waals surface area contributed by atoms with Gasteiger partial charge in [-0.15, -0.1) is 0 Å². The van der Waals surface area contributed by atoms with E-state index < -0.39 is 0 Å². The van der Waals surface area contributed by atoms with E-state index in [4.69, 9.17) is 9.47 Å². The van der Waals surface area contributed by atoms with E-state index >= 15 is 0 Å². The Morgan fingerprint density at radius 3 is 2.48 bits per heavy atom. The molecule has 2 aromatic rings. The third kappa shape index (κ3) is 3.85. The summed E-state index contributed by atoms with van der Waals surface area (Å²) in [7, 11) is 1.63. The molecule has 0 atom stereocenters. The maximum absolute atomic E-state index is 11.7. The molecule has 0 aliphatic carbocycles. The van der Waals surface area contributed by atoms with Gasteiger partial charge in [-0.25, -0.2) is 0 Å². The summed E-state index contributed by atoms with van der Waals surface area (Å²) in [6.07, 6.45) is 0. The van der Waals surface area contributed by atoms with Gasteiger partial charge >= 0.3 is 0 Å². The molecule has 0 N–H and O–H groups in total. The topological polar surface area (TPSA) is 35.5 Å². The van der Waals surface area contributed by atoms with E-state index in [2.05, 4.69) is 15.9 Å². The maximum Gasteiger partial charge on any atom is 0.163 e. The Bertz CT molecular complexity index is 665. The molecule has 21 heavy (non-hydrogen) atoms. The van der Waals surface area contributed by atoms with E-state index in [9.17, 15) is 4.79 Å². The van der Waals surface area contributed by atoms with Crippen LogP contribution in [-0.4, -0.2) is 12.9 Å². The number of methoxy groups -OCH3 is 1. The Kier molecular flexibility index (Phi) is 5.02. The van der Waals surface area contributed by atoms with Crippen molar-refractivity contribution in [2.45, 2.75) is 20.5 Å². The van der Waals surface area contributed by atoms with Crippen molar-refractivity contribution in [1.82, 2.24) is 0 Å².